The van der Waals surface area contributed by atoms with Gasteiger partial charge >= 0.3 is 11.9 Å². The van der Waals surface area contributed by atoms with Gasteiger partial charge in [0.2, 0.25) is 0 Å². The molecule has 1 heterocycles. The van der Waals surface area contributed by atoms with Crippen LogP contribution in [0, 0.1) is 0 Å². The van der Waals surface area contributed by atoms with Crippen LogP contribution in [0.15, 0.2) is 24.3 Å². The summed E-state index contributed by atoms with van der Waals surface area (Å²) in [6, 6.07) is 0. The third-order valence-electron chi connectivity index (χ3n) is 10.3. The molecule has 1 fully saturated rings. The summed E-state index contributed by atoms with van der Waals surface area (Å²) in [5.41, 5.74) is 0. The Balaban J connectivity index is 2.34. The van der Waals surface area contributed by atoms with Gasteiger partial charge in [-0.15, -0.1) is 0 Å². The van der Waals surface area contributed by atoms with E-state index in [1.807, 2.05) is 0 Å². The van der Waals surface area contributed by atoms with E-state index in [1.165, 1.54) is 89.9 Å². The quantitative estimate of drug-likeness (QED) is 0.0273. The van der Waals surface area contributed by atoms with Gasteiger partial charge in [0.15, 0.2) is 12.4 Å². The average Bonchev–Trinajstić information content (AvgIpc) is 3.18. The molecule has 0 bridgehead atoms. The van der Waals surface area contributed by atoms with Gasteiger partial charge in [-0.2, -0.15) is 0 Å². The Labute approximate surface area is 334 Å². The molecule has 0 amide bonds. The van der Waals surface area contributed by atoms with Crippen LogP contribution in [0.25, 0.3) is 0 Å². The van der Waals surface area contributed by atoms with Gasteiger partial charge in [-0.25, -0.2) is 0 Å². The van der Waals surface area contributed by atoms with Gasteiger partial charge in [0.05, 0.1) is 13.2 Å². The molecule has 0 aliphatic carbocycles. The van der Waals surface area contributed by atoms with Crippen molar-refractivity contribution in [3.05, 3.63) is 24.3 Å². The highest BCUT2D eigenvalue weighted by molar-refractivity contribution is 5.70. The second-order valence-electron chi connectivity index (χ2n) is 15.5. The molecule has 1 rings (SSSR count). The number of rotatable bonds is 37. The maximum atomic E-state index is 12.8. The smallest absolute Gasteiger partial charge is 0.306 e. The average molecular weight is 783 g/mol. The van der Waals surface area contributed by atoms with Crippen molar-refractivity contribution in [1.82, 2.24) is 0 Å². The molecule has 0 radical (unpaired) electrons. The molecule has 6 atom stereocenters. The predicted molar refractivity (Wildman–Crippen MR) is 219 cm³/mol. The Hall–Kier alpha value is -1.82. The standard InChI is InChI=1S/C45H82O10/c1-3-5-7-9-11-13-15-17-19-21-23-25-27-29-31-33-40(47)52-36-38(37-53-45-44(51)43(50)42(49)39(35-46)55-45)54-41(48)34-32-30-28-26-24-22-20-18-16-14-12-10-8-6-4-2/h17-20,38-39,42-46,49-51H,3-16,21-37H2,1-2H3/b19-17-,20-18-/t38-,39-,42+,43?,44?,45-/m1/s1. The van der Waals surface area contributed by atoms with Crippen molar-refractivity contribution in [2.45, 2.75) is 230 Å². The number of carbonyl (C=O) groups excluding carboxylic acids is 2. The van der Waals surface area contributed by atoms with E-state index in [0.29, 0.717) is 12.8 Å². The van der Waals surface area contributed by atoms with E-state index >= 15 is 0 Å². The van der Waals surface area contributed by atoms with Crippen molar-refractivity contribution >= 4 is 11.9 Å². The summed E-state index contributed by atoms with van der Waals surface area (Å²) < 4.78 is 22.1. The maximum absolute atomic E-state index is 12.8. The minimum Gasteiger partial charge on any atom is -0.462 e. The van der Waals surface area contributed by atoms with Crippen molar-refractivity contribution in [2.75, 3.05) is 19.8 Å². The first-order chi connectivity index (χ1) is 26.8. The van der Waals surface area contributed by atoms with Crippen molar-refractivity contribution < 1.29 is 49.0 Å². The van der Waals surface area contributed by atoms with Crippen LogP contribution in [0.1, 0.15) is 194 Å². The fourth-order valence-corrected chi connectivity index (χ4v) is 6.71. The van der Waals surface area contributed by atoms with Crippen LogP contribution in [0.4, 0.5) is 0 Å². The first kappa shape index (κ1) is 51.2. The third kappa shape index (κ3) is 28.3. The number of carbonyl (C=O) groups is 2. The lowest BCUT2D eigenvalue weighted by Crippen LogP contribution is -2.59. The number of allylic oxidation sites excluding steroid dienone is 4. The summed E-state index contributed by atoms with van der Waals surface area (Å²) in [6.45, 7) is 3.40. The summed E-state index contributed by atoms with van der Waals surface area (Å²) >= 11 is 0. The summed E-state index contributed by atoms with van der Waals surface area (Å²) in [5, 5.41) is 40.0. The zero-order valence-corrected chi connectivity index (χ0v) is 34.9. The number of aliphatic hydroxyl groups is 4. The van der Waals surface area contributed by atoms with E-state index in [4.69, 9.17) is 18.9 Å². The van der Waals surface area contributed by atoms with E-state index in [9.17, 15) is 30.0 Å². The first-order valence-electron chi connectivity index (χ1n) is 22.4. The number of hydrogen-bond donors (Lipinski definition) is 4. The molecule has 1 aliphatic rings. The van der Waals surface area contributed by atoms with Gasteiger partial charge in [-0.3, -0.25) is 9.59 Å². The molecule has 0 aromatic heterocycles. The first-order valence-corrected chi connectivity index (χ1v) is 22.4. The zero-order valence-electron chi connectivity index (χ0n) is 34.9. The van der Waals surface area contributed by atoms with Crippen LogP contribution < -0.4 is 0 Å². The lowest BCUT2D eigenvalue weighted by molar-refractivity contribution is -0.305. The van der Waals surface area contributed by atoms with Gasteiger partial charge in [-0.05, 0) is 64.2 Å². The van der Waals surface area contributed by atoms with E-state index in [0.717, 1.165) is 64.2 Å². The molecular weight excluding hydrogens is 700 g/mol. The lowest BCUT2D eigenvalue weighted by atomic mass is 9.99. The predicted octanol–water partition coefficient (Wildman–Crippen LogP) is 9.33. The van der Waals surface area contributed by atoms with Crippen LogP contribution >= 0.6 is 0 Å². The van der Waals surface area contributed by atoms with E-state index in [1.54, 1.807) is 0 Å². The summed E-state index contributed by atoms with van der Waals surface area (Å²) in [5.74, 6) is -0.822. The normalized spacial score (nSPS) is 20.7. The Kier molecular flexibility index (Phi) is 34.0. The second kappa shape index (κ2) is 36.5. The molecule has 10 heteroatoms. The molecule has 0 saturated carbocycles. The van der Waals surface area contributed by atoms with Crippen LogP contribution in [-0.2, 0) is 28.5 Å². The van der Waals surface area contributed by atoms with Crippen molar-refractivity contribution in [2.24, 2.45) is 0 Å². The molecule has 2 unspecified atom stereocenters. The number of ether oxygens (including phenoxy) is 4. The Bertz CT molecular complexity index is 954. The second-order valence-corrected chi connectivity index (χ2v) is 15.5. The summed E-state index contributed by atoms with van der Waals surface area (Å²) in [7, 11) is 0. The van der Waals surface area contributed by atoms with Crippen LogP contribution in [0.5, 0.6) is 0 Å². The van der Waals surface area contributed by atoms with Gasteiger partial charge < -0.3 is 39.4 Å². The van der Waals surface area contributed by atoms with Crippen molar-refractivity contribution in [3.63, 3.8) is 0 Å². The van der Waals surface area contributed by atoms with Crippen LogP contribution in [0.3, 0.4) is 0 Å². The molecule has 1 saturated heterocycles. The number of hydrogen-bond acceptors (Lipinski definition) is 10. The summed E-state index contributed by atoms with van der Waals surface area (Å²) in [4.78, 5) is 25.3. The highest BCUT2D eigenvalue weighted by Gasteiger charge is 2.44. The van der Waals surface area contributed by atoms with Gasteiger partial charge in [0.25, 0.3) is 0 Å². The van der Waals surface area contributed by atoms with Gasteiger partial charge in [-0.1, -0.05) is 141 Å². The fourth-order valence-electron chi connectivity index (χ4n) is 6.71. The molecular formula is C45H82O10. The molecule has 4 N–H and O–H groups in total. The Morgan fingerprint density at radius 3 is 1.42 bits per heavy atom. The number of esters is 2. The Morgan fingerprint density at radius 1 is 0.545 bits per heavy atom. The molecule has 55 heavy (non-hydrogen) atoms. The minimum atomic E-state index is -1.60. The number of aliphatic hydroxyl groups excluding tert-OH is 4. The largest absolute Gasteiger partial charge is 0.462 e. The SMILES string of the molecule is CCCCCCCC/C=C\CCCCCCCC(=O)OC[C@H](CO[C@@H]1O[C@H](CO)[C@H](O)C(O)C1O)OC(=O)CCCCCCC/C=C\CCCCCCCC. The maximum Gasteiger partial charge on any atom is 0.306 e. The zero-order chi connectivity index (χ0) is 40.2. The molecule has 10 nitrogen and oxygen atoms in total. The van der Waals surface area contributed by atoms with Crippen LogP contribution in [0.2, 0.25) is 0 Å². The molecule has 0 aromatic rings. The minimum absolute atomic E-state index is 0.220. The van der Waals surface area contributed by atoms with E-state index in [-0.39, 0.29) is 32.0 Å². The third-order valence-corrected chi connectivity index (χ3v) is 10.3. The highest BCUT2D eigenvalue weighted by atomic mass is 16.7. The van der Waals surface area contributed by atoms with Crippen molar-refractivity contribution in [1.29, 1.82) is 0 Å². The fraction of sp³-hybridized carbons (Fsp3) is 0.867. The van der Waals surface area contributed by atoms with Crippen LogP contribution in [-0.4, -0.2) is 89.0 Å². The molecule has 1 aliphatic heterocycles. The Morgan fingerprint density at radius 2 is 0.964 bits per heavy atom. The monoisotopic (exact) mass is 783 g/mol. The summed E-state index contributed by atoms with van der Waals surface area (Å²) in [6.07, 6.45) is 31.8. The highest BCUT2D eigenvalue weighted by Crippen LogP contribution is 2.22. The topological polar surface area (TPSA) is 152 Å². The van der Waals surface area contributed by atoms with Gasteiger partial charge in [0, 0.05) is 12.8 Å². The van der Waals surface area contributed by atoms with E-state index < -0.39 is 49.4 Å². The van der Waals surface area contributed by atoms with Crippen molar-refractivity contribution in [3.8, 4) is 0 Å². The molecule has 0 aromatic carbocycles. The molecule has 322 valence electrons. The number of unbranched alkanes of at least 4 members (excludes halogenated alkanes) is 22. The van der Waals surface area contributed by atoms with Gasteiger partial charge in [0.1, 0.15) is 31.0 Å². The molecule has 0 spiro atoms. The van der Waals surface area contributed by atoms with E-state index in [2.05, 4.69) is 38.2 Å². The lowest BCUT2D eigenvalue weighted by Gasteiger charge is -2.39.